The number of halogens is 1. The molecule has 0 unspecified atom stereocenters. The van der Waals surface area contributed by atoms with E-state index in [2.05, 4.69) is 36.3 Å². The van der Waals surface area contributed by atoms with E-state index in [1.165, 1.54) is 11.8 Å². The highest BCUT2D eigenvalue weighted by molar-refractivity contribution is 9.10. The minimum atomic E-state index is 0.464. The van der Waals surface area contributed by atoms with Gasteiger partial charge in [0.05, 0.1) is 12.2 Å². The van der Waals surface area contributed by atoms with E-state index < -0.39 is 0 Å². The van der Waals surface area contributed by atoms with E-state index >= 15 is 0 Å². The van der Waals surface area contributed by atoms with E-state index in [1.807, 2.05) is 54.6 Å². The Labute approximate surface area is 162 Å². The number of benzene rings is 2. The Kier molecular flexibility index (Phi) is 5.12. The first kappa shape index (κ1) is 17.0. The molecule has 0 N–H and O–H groups in total. The topological polar surface area (TPSA) is 77.8 Å². The Hall–Kier alpha value is -2.45. The lowest BCUT2D eigenvalue weighted by atomic mass is 10.2. The molecule has 0 aliphatic rings. The Morgan fingerprint density at radius 2 is 1.58 bits per heavy atom. The maximum absolute atomic E-state index is 5.68. The van der Waals surface area contributed by atoms with E-state index in [0.29, 0.717) is 35.1 Å². The van der Waals surface area contributed by atoms with Gasteiger partial charge in [-0.15, -0.1) is 20.4 Å². The fourth-order valence-corrected chi connectivity index (χ4v) is 3.15. The first-order valence-corrected chi connectivity index (χ1v) is 9.61. The van der Waals surface area contributed by atoms with E-state index in [1.54, 1.807) is 0 Å². The maximum atomic E-state index is 5.68. The van der Waals surface area contributed by atoms with Gasteiger partial charge in [-0.2, -0.15) is 0 Å². The average Bonchev–Trinajstić information content (AvgIpc) is 3.31. The predicted octanol–water partition coefficient (Wildman–Crippen LogP) is 4.77. The molecule has 2 heterocycles. The fourth-order valence-electron chi connectivity index (χ4n) is 2.29. The average molecular weight is 429 g/mol. The molecule has 0 fully saturated rings. The maximum Gasteiger partial charge on any atom is 0.277 e. The van der Waals surface area contributed by atoms with Crippen LogP contribution in [0.1, 0.15) is 17.3 Å². The molecule has 130 valence electrons. The van der Waals surface area contributed by atoms with E-state index in [9.17, 15) is 0 Å². The van der Waals surface area contributed by atoms with Crippen molar-refractivity contribution in [3.8, 4) is 11.5 Å². The number of hydrogen-bond acceptors (Lipinski definition) is 7. The third-order valence-corrected chi connectivity index (χ3v) is 4.86. The molecule has 0 amide bonds. The van der Waals surface area contributed by atoms with Crippen molar-refractivity contribution in [2.75, 3.05) is 0 Å². The summed E-state index contributed by atoms with van der Waals surface area (Å²) in [6.45, 7) is 0. The van der Waals surface area contributed by atoms with Crippen molar-refractivity contribution >= 4 is 27.7 Å². The first-order valence-electron chi connectivity index (χ1n) is 7.84. The highest BCUT2D eigenvalue weighted by Gasteiger charge is 2.12. The summed E-state index contributed by atoms with van der Waals surface area (Å²) in [7, 11) is 0. The summed E-state index contributed by atoms with van der Waals surface area (Å²) in [6, 6.07) is 17.7. The van der Waals surface area contributed by atoms with Crippen LogP contribution >= 0.6 is 27.7 Å². The fraction of sp³-hybridized carbons (Fsp3) is 0.111. The van der Waals surface area contributed by atoms with Crippen molar-refractivity contribution in [3.05, 3.63) is 76.4 Å². The van der Waals surface area contributed by atoms with Crippen LogP contribution in [0.25, 0.3) is 11.5 Å². The molecule has 6 nitrogen and oxygen atoms in total. The lowest BCUT2D eigenvalue weighted by Crippen LogP contribution is -1.87. The molecule has 0 aliphatic carbocycles. The lowest BCUT2D eigenvalue weighted by Gasteiger charge is -1.95. The van der Waals surface area contributed by atoms with Gasteiger partial charge in [0, 0.05) is 10.0 Å². The first-order chi connectivity index (χ1) is 12.8. The summed E-state index contributed by atoms with van der Waals surface area (Å²) < 4.78 is 12.3. The standard InChI is InChI=1S/C18H13BrN4O2S/c19-14-8-6-13(7-9-14)17-22-23-18(25-17)26-11-16-21-20-15(24-16)10-12-4-2-1-3-5-12/h1-9H,10-11H2. The van der Waals surface area contributed by atoms with Gasteiger partial charge in [0.2, 0.25) is 17.7 Å². The van der Waals surface area contributed by atoms with Crippen LogP contribution in [0.4, 0.5) is 0 Å². The van der Waals surface area contributed by atoms with Crippen molar-refractivity contribution in [1.82, 2.24) is 20.4 Å². The number of nitrogens with zero attached hydrogens (tertiary/aromatic N) is 4. The molecule has 2 aromatic heterocycles. The second kappa shape index (κ2) is 7.84. The Morgan fingerprint density at radius 3 is 2.38 bits per heavy atom. The third kappa shape index (κ3) is 4.20. The van der Waals surface area contributed by atoms with Crippen molar-refractivity contribution in [2.24, 2.45) is 0 Å². The van der Waals surface area contributed by atoms with Crippen molar-refractivity contribution in [3.63, 3.8) is 0 Å². The summed E-state index contributed by atoms with van der Waals surface area (Å²) in [4.78, 5) is 0. The van der Waals surface area contributed by atoms with Crippen LogP contribution in [-0.2, 0) is 12.2 Å². The Balaban J connectivity index is 1.37. The summed E-state index contributed by atoms with van der Waals surface area (Å²) in [5, 5.41) is 16.7. The number of thioether (sulfide) groups is 1. The molecule has 2 aromatic carbocycles. The molecule has 0 radical (unpaired) electrons. The highest BCUT2D eigenvalue weighted by Crippen LogP contribution is 2.26. The molecule has 4 aromatic rings. The van der Waals surface area contributed by atoms with Gasteiger partial charge in [-0.3, -0.25) is 0 Å². The van der Waals surface area contributed by atoms with Crippen LogP contribution in [-0.4, -0.2) is 20.4 Å². The van der Waals surface area contributed by atoms with E-state index in [-0.39, 0.29) is 0 Å². The number of aromatic nitrogens is 4. The molecular formula is C18H13BrN4O2S. The number of rotatable bonds is 6. The van der Waals surface area contributed by atoms with Gasteiger partial charge in [0.1, 0.15) is 0 Å². The normalized spacial score (nSPS) is 11.0. The van der Waals surface area contributed by atoms with Crippen molar-refractivity contribution < 1.29 is 8.83 Å². The second-order valence-corrected chi connectivity index (χ2v) is 7.26. The Bertz CT molecular complexity index is 986. The van der Waals surface area contributed by atoms with Crippen molar-refractivity contribution in [2.45, 2.75) is 17.4 Å². The smallest absolute Gasteiger partial charge is 0.277 e. The molecule has 0 aliphatic heterocycles. The zero-order valence-electron chi connectivity index (χ0n) is 13.5. The van der Waals surface area contributed by atoms with Crippen LogP contribution in [0.2, 0.25) is 0 Å². The largest absolute Gasteiger partial charge is 0.424 e. The summed E-state index contributed by atoms with van der Waals surface area (Å²) in [5.41, 5.74) is 2.00. The number of hydrogen-bond donors (Lipinski definition) is 0. The molecule has 0 saturated heterocycles. The summed E-state index contributed by atoms with van der Waals surface area (Å²) >= 11 is 4.77. The molecule has 0 saturated carbocycles. The van der Waals surface area contributed by atoms with Gasteiger partial charge in [-0.25, -0.2) is 0 Å². The molecule has 0 spiro atoms. The molecule has 4 rings (SSSR count). The van der Waals surface area contributed by atoms with Gasteiger partial charge < -0.3 is 8.83 Å². The molecule has 26 heavy (non-hydrogen) atoms. The van der Waals surface area contributed by atoms with Gasteiger partial charge in [-0.1, -0.05) is 58.0 Å². The van der Waals surface area contributed by atoms with Gasteiger partial charge in [-0.05, 0) is 29.8 Å². The van der Waals surface area contributed by atoms with Crippen molar-refractivity contribution in [1.29, 1.82) is 0 Å². The van der Waals surface area contributed by atoms with Crippen LogP contribution in [0, 0.1) is 0 Å². The van der Waals surface area contributed by atoms with Crippen LogP contribution < -0.4 is 0 Å². The lowest BCUT2D eigenvalue weighted by molar-refractivity contribution is 0.459. The summed E-state index contributed by atoms with van der Waals surface area (Å²) in [5.74, 6) is 2.08. The minimum absolute atomic E-state index is 0.464. The highest BCUT2D eigenvalue weighted by atomic mass is 79.9. The van der Waals surface area contributed by atoms with E-state index in [0.717, 1.165) is 15.6 Å². The van der Waals surface area contributed by atoms with Gasteiger partial charge in [0.25, 0.3) is 5.22 Å². The molecule has 0 bridgehead atoms. The van der Waals surface area contributed by atoms with Crippen LogP contribution in [0.15, 0.2) is 73.1 Å². The monoisotopic (exact) mass is 428 g/mol. The zero-order chi connectivity index (χ0) is 17.8. The summed E-state index contributed by atoms with van der Waals surface area (Å²) in [6.07, 6.45) is 0.618. The molecule has 0 atom stereocenters. The predicted molar refractivity (Wildman–Crippen MR) is 101 cm³/mol. The SMILES string of the molecule is Brc1ccc(-c2nnc(SCc3nnc(Cc4ccccc4)o3)o2)cc1. The molecule has 8 heteroatoms. The zero-order valence-corrected chi connectivity index (χ0v) is 15.9. The minimum Gasteiger partial charge on any atom is -0.424 e. The molecular weight excluding hydrogens is 416 g/mol. The third-order valence-electron chi connectivity index (χ3n) is 3.52. The van der Waals surface area contributed by atoms with E-state index in [4.69, 9.17) is 8.83 Å². The quantitative estimate of drug-likeness (QED) is 0.409. The van der Waals surface area contributed by atoms with Crippen LogP contribution in [0.5, 0.6) is 0 Å². The van der Waals surface area contributed by atoms with Gasteiger partial charge in [0.15, 0.2) is 0 Å². The Morgan fingerprint density at radius 1 is 0.808 bits per heavy atom. The van der Waals surface area contributed by atoms with Crippen LogP contribution in [0.3, 0.4) is 0 Å². The second-order valence-electron chi connectivity index (χ2n) is 5.42. The van der Waals surface area contributed by atoms with Gasteiger partial charge >= 0.3 is 0 Å².